The van der Waals surface area contributed by atoms with Crippen molar-refractivity contribution in [1.29, 1.82) is 0 Å². The molecule has 1 aliphatic carbocycles. The van der Waals surface area contributed by atoms with Crippen LogP contribution in [0.3, 0.4) is 0 Å². The van der Waals surface area contributed by atoms with Gasteiger partial charge in [0.05, 0.1) is 17.4 Å². The average molecular weight is 395 g/mol. The normalized spacial score (nSPS) is 26.6. The minimum Gasteiger partial charge on any atom is -0.345 e. The number of H-pyrrole nitrogens is 1. The van der Waals surface area contributed by atoms with E-state index < -0.39 is 0 Å². The maximum atomic E-state index is 13.1. The van der Waals surface area contributed by atoms with E-state index in [2.05, 4.69) is 19.8 Å². The van der Waals surface area contributed by atoms with E-state index in [4.69, 9.17) is 0 Å². The van der Waals surface area contributed by atoms with Crippen LogP contribution in [0.1, 0.15) is 68.1 Å². The Morgan fingerprint density at radius 2 is 2.00 bits per heavy atom. The number of fused-ring (bicyclic) bond motifs is 1. The van der Waals surface area contributed by atoms with Crippen molar-refractivity contribution in [2.45, 2.75) is 57.8 Å². The molecule has 5 heteroatoms. The van der Waals surface area contributed by atoms with Gasteiger partial charge in [-0.25, -0.2) is 4.98 Å². The van der Waals surface area contributed by atoms with Crippen molar-refractivity contribution >= 4 is 16.9 Å². The maximum Gasteiger partial charge on any atom is 0.253 e. The maximum absolute atomic E-state index is 13.1. The SMILES string of the molecule is O=C(c1ccc2nc[nH]c2c1)N1CCC2(CCCN(CCC3CCCCC3)C2)C1. The monoisotopic (exact) mass is 394 g/mol. The first-order valence-electron chi connectivity index (χ1n) is 11.7. The molecule has 2 saturated heterocycles. The highest BCUT2D eigenvalue weighted by molar-refractivity contribution is 5.97. The molecule has 1 aromatic heterocycles. The number of amides is 1. The van der Waals surface area contributed by atoms with Crippen LogP contribution in [0, 0.1) is 11.3 Å². The number of imidazole rings is 1. The lowest BCUT2D eigenvalue weighted by atomic mass is 9.79. The Kier molecular flexibility index (Phi) is 5.33. The van der Waals surface area contributed by atoms with Gasteiger partial charge in [-0.3, -0.25) is 4.79 Å². The lowest BCUT2D eigenvalue weighted by molar-refractivity contribution is 0.0674. The number of benzene rings is 1. The molecule has 2 aromatic rings. The second-order valence-electron chi connectivity index (χ2n) is 9.78. The first kappa shape index (κ1) is 19.1. The third-order valence-corrected chi connectivity index (χ3v) is 7.71. The Morgan fingerprint density at radius 3 is 2.90 bits per heavy atom. The molecule has 1 spiro atoms. The van der Waals surface area contributed by atoms with E-state index in [-0.39, 0.29) is 5.91 Å². The van der Waals surface area contributed by atoms with Gasteiger partial charge in [-0.1, -0.05) is 32.1 Å². The van der Waals surface area contributed by atoms with Crippen molar-refractivity contribution in [2.75, 3.05) is 32.7 Å². The van der Waals surface area contributed by atoms with E-state index >= 15 is 0 Å². The largest absolute Gasteiger partial charge is 0.345 e. The van der Waals surface area contributed by atoms with E-state index in [9.17, 15) is 4.79 Å². The summed E-state index contributed by atoms with van der Waals surface area (Å²) in [4.78, 5) is 25.3. The Hall–Kier alpha value is -1.88. The van der Waals surface area contributed by atoms with Crippen molar-refractivity contribution < 1.29 is 4.79 Å². The minimum atomic E-state index is 0.178. The van der Waals surface area contributed by atoms with Gasteiger partial charge < -0.3 is 14.8 Å². The Labute approximate surface area is 173 Å². The molecule has 1 atom stereocenters. The average Bonchev–Trinajstić information content (AvgIpc) is 3.39. The van der Waals surface area contributed by atoms with Crippen LogP contribution >= 0.6 is 0 Å². The number of carbonyl (C=O) groups excluding carboxylic acids is 1. The van der Waals surface area contributed by atoms with Gasteiger partial charge in [0.1, 0.15) is 0 Å². The van der Waals surface area contributed by atoms with Crippen LogP contribution in [0.15, 0.2) is 24.5 Å². The standard InChI is InChI=1S/C24H34N4O/c29-23(20-7-8-21-22(15-20)26-18-25-21)28-14-11-24(17-28)10-4-12-27(16-24)13-9-19-5-2-1-3-6-19/h7-8,15,18-19H,1-6,9-14,16-17H2,(H,25,26). The third kappa shape index (κ3) is 4.07. The summed E-state index contributed by atoms with van der Waals surface area (Å²) < 4.78 is 0. The highest BCUT2D eigenvalue weighted by atomic mass is 16.2. The van der Waals surface area contributed by atoms with E-state index in [0.29, 0.717) is 5.41 Å². The number of piperidine rings is 1. The van der Waals surface area contributed by atoms with Gasteiger partial charge in [-0.15, -0.1) is 0 Å². The van der Waals surface area contributed by atoms with Crippen LogP contribution in [-0.2, 0) is 0 Å². The molecule has 29 heavy (non-hydrogen) atoms. The molecule has 156 valence electrons. The lowest BCUT2D eigenvalue weighted by Gasteiger charge is -2.41. The van der Waals surface area contributed by atoms with Gasteiger partial charge in [-0.2, -0.15) is 0 Å². The van der Waals surface area contributed by atoms with Crippen LogP contribution < -0.4 is 0 Å². The lowest BCUT2D eigenvalue weighted by Crippen LogP contribution is -2.45. The van der Waals surface area contributed by atoms with Crippen LogP contribution in [0.2, 0.25) is 0 Å². The third-order valence-electron chi connectivity index (χ3n) is 7.71. The van der Waals surface area contributed by atoms with Gasteiger partial charge in [0, 0.05) is 30.6 Å². The zero-order valence-electron chi connectivity index (χ0n) is 17.5. The Morgan fingerprint density at radius 1 is 1.10 bits per heavy atom. The zero-order valence-corrected chi connectivity index (χ0v) is 17.5. The number of nitrogens with one attached hydrogen (secondary N) is 1. The number of aromatic nitrogens is 2. The van der Waals surface area contributed by atoms with Gasteiger partial charge in [0.2, 0.25) is 0 Å². The van der Waals surface area contributed by atoms with E-state index in [1.807, 2.05) is 18.2 Å². The van der Waals surface area contributed by atoms with E-state index in [1.54, 1.807) is 6.33 Å². The van der Waals surface area contributed by atoms with Crippen molar-refractivity contribution in [1.82, 2.24) is 19.8 Å². The molecule has 0 radical (unpaired) electrons. The van der Waals surface area contributed by atoms with Gasteiger partial charge in [0.15, 0.2) is 0 Å². The quantitative estimate of drug-likeness (QED) is 0.833. The molecule has 5 rings (SSSR count). The molecule has 5 nitrogen and oxygen atoms in total. The van der Waals surface area contributed by atoms with Crippen LogP contribution in [0.5, 0.6) is 0 Å². The van der Waals surface area contributed by atoms with Crippen LogP contribution in [0.4, 0.5) is 0 Å². The van der Waals surface area contributed by atoms with Crippen LogP contribution in [0.25, 0.3) is 11.0 Å². The topological polar surface area (TPSA) is 52.2 Å². The van der Waals surface area contributed by atoms with Gasteiger partial charge >= 0.3 is 0 Å². The first-order valence-corrected chi connectivity index (χ1v) is 11.7. The van der Waals surface area contributed by atoms with Gasteiger partial charge in [-0.05, 0) is 62.9 Å². The van der Waals surface area contributed by atoms with Crippen molar-refractivity contribution in [3.63, 3.8) is 0 Å². The predicted molar refractivity (Wildman–Crippen MR) is 116 cm³/mol. The van der Waals surface area contributed by atoms with Crippen molar-refractivity contribution in [3.05, 3.63) is 30.1 Å². The molecule has 3 aliphatic rings. The summed E-state index contributed by atoms with van der Waals surface area (Å²) in [5, 5.41) is 0. The summed E-state index contributed by atoms with van der Waals surface area (Å²) in [6.45, 7) is 5.52. The first-order chi connectivity index (χ1) is 14.2. The number of hydrogen-bond acceptors (Lipinski definition) is 3. The number of aromatic amines is 1. The fourth-order valence-corrected chi connectivity index (χ4v) is 6.03. The predicted octanol–water partition coefficient (Wildman–Crippen LogP) is 4.46. The number of likely N-dealkylation sites (tertiary alicyclic amines) is 2. The number of hydrogen-bond donors (Lipinski definition) is 1. The van der Waals surface area contributed by atoms with Crippen molar-refractivity contribution in [2.24, 2.45) is 11.3 Å². The summed E-state index contributed by atoms with van der Waals surface area (Å²) >= 11 is 0. The molecule has 3 heterocycles. The molecular formula is C24H34N4O. The molecule has 0 bridgehead atoms. The molecule has 1 saturated carbocycles. The van der Waals surface area contributed by atoms with Crippen LogP contribution in [-0.4, -0.2) is 58.4 Å². The van der Waals surface area contributed by atoms with E-state index in [1.165, 1.54) is 71.0 Å². The zero-order chi connectivity index (χ0) is 19.7. The Balaban J connectivity index is 1.20. The second kappa shape index (κ2) is 8.10. The Bertz CT molecular complexity index is 855. The number of rotatable bonds is 4. The summed E-state index contributed by atoms with van der Waals surface area (Å²) in [5.41, 5.74) is 2.96. The molecule has 2 aliphatic heterocycles. The summed E-state index contributed by atoms with van der Waals surface area (Å²) in [6.07, 6.45) is 14.0. The van der Waals surface area contributed by atoms with E-state index in [0.717, 1.165) is 42.0 Å². The number of carbonyl (C=O) groups is 1. The molecule has 3 fully saturated rings. The fourth-order valence-electron chi connectivity index (χ4n) is 6.03. The van der Waals surface area contributed by atoms with Crippen molar-refractivity contribution in [3.8, 4) is 0 Å². The molecular weight excluding hydrogens is 360 g/mol. The highest BCUT2D eigenvalue weighted by Crippen LogP contribution is 2.40. The fraction of sp³-hybridized carbons (Fsp3) is 0.667. The second-order valence-corrected chi connectivity index (χ2v) is 9.78. The highest BCUT2D eigenvalue weighted by Gasteiger charge is 2.42. The summed E-state index contributed by atoms with van der Waals surface area (Å²) in [5.74, 6) is 1.14. The summed E-state index contributed by atoms with van der Waals surface area (Å²) in [6, 6.07) is 5.82. The molecule has 1 amide bonds. The minimum absolute atomic E-state index is 0.178. The molecule has 1 N–H and O–H groups in total. The summed E-state index contributed by atoms with van der Waals surface area (Å²) in [7, 11) is 0. The molecule has 1 aromatic carbocycles. The smallest absolute Gasteiger partial charge is 0.253 e. The number of nitrogens with zero attached hydrogens (tertiary/aromatic N) is 3. The molecule has 1 unspecified atom stereocenters. The van der Waals surface area contributed by atoms with Gasteiger partial charge in [0.25, 0.3) is 5.91 Å².